The van der Waals surface area contributed by atoms with E-state index in [1.54, 1.807) is 11.1 Å². The number of rotatable bonds is 4. The molecule has 1 amide bonds. The predicted octanol–water partition coefficient (Wildman–Crippen LogP) is 2.79. The lowest BCUT2D eigenvalue weighted by Gasteiger charge is -2.17. The van der Waals surface area contributed by atoms with E-state index in [4.69, 9.17) is 0 Å². The first-order valence-corrected chi connectivity index (χ1v) is 7.26. The van der Waals surface area contributed by atoms with Gasteiger partial charge in [0.15, 0.2) is 0 Å². The predicted molar refractivity (Wildman–Crippen MR) is 90.8 cm³/mol. The third kappa shape index (κ3) is 3.57. The number of benzene rings is 1. The van der Waals surface area contributed by atoms with Crippen molar-refractivity contribution in [2.24, 2.45) is 0 Å². The van der Waals surface area contributed by atoms with Gasteiger partial charge in [0.2, 0.25) is 0 Å². The summed E-state index contributed by atoms with van der Waals surface area (Å²) in [5.74, 6) is 0.0700. The van der Waals surface area contributed by atoms with Crippen LogP contribution < -0.4 is 5.32 Å². The maximum absolute atomic E-state index is 12.5. The first-order valence-electron chi connectivity index (χ1n) is 7.26. The minimum absolute atomic E-state index is 0. The van der Waals surface area contributed by atoms with Gasteiger partial charge in [-0.2, -0.15) is 0 Å². The molecular formula is C17H20ClN3O. The van der Waals surface area contributed by atoms with Crippen LogP contribution in [0, 0.1) is 0 Å². The Kier molecular flexibility index (Phi) is 5.39. The molecule has 5 heteroatoms. The van der Waals surface area contributed by atoms with Crippen molar-refractivity contribution in [1.82, 2.24) is 9.88 Å². The number of carbonyl (C=O) groups is 1. The van der Waals surface area contributed by atoms with E-state index < -0.39 is 0 Å². The molecule has 1 aliphatic rings. The normalized spacial score (nSPS) is 12.0. The molecule has 0 saturated carbocycles. The number of hydrogen-bond acceptors (Lipinski definition) is 3. The summed E-state index contributed by atoms with van der Waals surface area (Å²) in [5, 5.41) is 3.31. The van der Waals surface area contributed by atoms with E-state index in [-0.39, 0.29) is 18.3 Å². The molecule has 1 aromatic heterocycles. The van der Waals surface area contributed by atoms with Gasteiger partial charge in [-0.15, -0.1) is 12.4 Å². The van der Waals surface area contributed by atoms with E-state index in [1.807, 2.05) is 43.4 Å². The van der Waals surface area contributed by atoms with E-state index in [1.165, 1.54) is 5.56 Å². The Bertz CT molecular complexity index is 646. The van der Waals surface area contributed by atoms with E-state index in [9.17, 15) is 4.79 Å². The fourth-order valence-electron chi connectivity index (χ4n) is 2.59. The number of anilines is 1. The first-order chi connectivity index (χ1) is 10.2. The Morgan fingerprint density at radius 2 is 2.18 bits per heavy atom. The molecule has 0 bridgehead atoms. The number of carbonyl (C=O) groups excluding carboxylic acids is 1. The minimum atomic E-state index is 0. The molecule has 2 heterocycles. The van der Waals surface area contributed by atoms with Crippen LogP contribution in [0.5, 0.6) is 0 Å². The standard InChI is InChI=1S/C17H19N3O.ClH/c1-20(11-8-15-4-2-3-9-18-15)17(21)14-5-6-16-13(12-14)7-10-19-16;/h2-6,9,12,19H,7-8,10-11H2,1H3;1H. The number of nitrogens with one attached hydrogen (secondary N) is 1. The second kappa shape index (κ2) is 7.27. The Balaban J connectivity index is 0.00000176. The zero-order chi connectivity index (χ0) is 14.7. The van der Waals surface area contributed by atoms with Gasteiger partial charge in [-0.05, 0) is 42.3 Å². The minimum Gasteiger partial charge on any atom is -0.384 e. The van der Waals surface area contributed by atoms with E-state index >= 15 is 0 Å². The Morgan fingerprint density at radius 1 is 1.32 bits per heavy atom. The molecule has 0 radical (unpaired) electrons. The number of nitrogens with zero attached hydrogens (tertiary/aromatic N) is 2. The van der Waals surface area contributed by atoms with Crippen molar-refractivity contribution in [3.05, 3.63) is 59.4 Å². The highest BCUT2D eigenvalue weighted by Gasteiger charge is 2.16. The van der Waals surface area contributed by atoms with Crippen molar-refractivity contribution >= 4 is 24.0 Å². The maximum atomic E-state index is 12.5. The van der Waals surface area contributed by atoms with E-state index in [2.05, 4.69) is 10.3 Å². The lowest BCUT2D eigenvalue weighted by Crippen LogP contribution is -2.29. The Hall–Kier alpha value is -2.07. The molecule has 0 spiro atoms. The van der Waals surface area contributed by atoms with Gasteiger partial charge in [-0.25, -0.2) is 0 Å². The monoisotopic (exact) mass is 317 g/mol. The van der Waals surface area contributed by atoms with E-state index in [0.29, 0.717) is 6.54 Å². The molecule has 116 valence electrons. The second-order valence-corrected chi connectivity index (χ2v) is 5.35. The summed E-state index contributed by atoms with van der Waals surface area (Å²) in [6.07, 6.45) is 3.55. The van der Waals surface area contributed by atoms with Gasteiger partial charge in [0, 0.05) is 49.7 Å². The van der Waals surface area contributed by atoms with Crippen LogP contribution in [0.3, 0.4) is 0 Å². The molecule has 2 aromatic rings. The van der Waals surface area contributed by atoms with Gasteiger partial charge in [-0.1, -0.05) is 6.07 Å². The van der Waals surface area contributed by atoms with E-state index in [0.717, 1.165) is 36.3 Å². The fourth-order valence-corrected chi connectivity index (χ4v) is 2.59. The topological polar surface area (TPSA) is 45.2 Å². The van der Waals surface area contributed by atoms with Crippen LogP contribution in [0.2, 0.25) is 0 Å². The van der Waals surface area contributed by atoms with Crippen molar-refractivity contribution in [2.45, 2.75) is 12.8 Å². The van der Waals surface area contributed by atoms with Gasteiger partial charge in [-0.3, -0.25) is 9.78 Å². The number of fused-ring (bicyclic) bond motifs is 1. The molecule has 3 rings (SSSR count). The van der Waals surface area contributed by atoms with Crippen molar-refractivity contribution in [1.29, 1.82) is 0 Å². The summed E-state index contributed by atoms with van der Waals surface area (Å²) in [4.78, 5) is 18.5. The van der Waals surface area contributed by atoms with Gasteiger partial charge < -0.3 is 10.2 Å². The van der Waals surface area contributed by atoms with Crippen LogP contribution >= 0.6 is 12.4 Å². The van der Waals surface area contributed by atoms with Crippen molar-refractivity contribution in [3.63, 3.8) is 0 Å². The first kappa shape index (κ1) is 16.3. The molecule has 0 atom stereocenters. The van der Waals surface area contributed by atoms with Crippen LogP contribution in [0.15, 0.2) is 42.6 Å². The molecule has 1 aromatic carbocycles. The summed E-state index contributed by atoms with van der Waals surface area (Å²) >= 11 is 0. The number of likely N-dealkylation sites (N-methyl/N-ethyl adjacent to an activating group) is 1. The molecule has 1 aliphatic heterocycles. The number of aromatic nitrogens is 1. The fraction of sp³-hybridized carbons (Fsp3) is 0.294. The third-order valence-electron chi connectivity index (χ3n) is 3.84. The zero-order valence-corrected chi connectivity index (χ0v) is 13.4. The Morgan fingerprint density at radius 3 is 2.95 bits per heavy atom. The number of hydrogen-bond donors (Lipinski definition) is 1. The summed E-state index contributed by atoms with van der Waals surface area (Å²) in [6, 6.07) is 11.8. The summed E-state index contributed by atoms with van der Waals surface area (Å²) in [7, 11) is 1.84. The number of halogens is 1. The van der Waals surface area contributed by atoms with Gasteiger partial charge >= 0.3 is 0 Å². The van der Waals surface area contributed by atoms with Crippen LogP contribution in [-0.2, 0) is 12.8 Å². The molecular weight excluding hydrogens is 298 g/mol. The second-order valence-electron chi connectivity index (χ2n) is 5.35. The molecule has 0 aliphatic carbocycles. The molecule has 0 saturated heterocycles. The maximum Gasteiger partial charge on any atom is 0.253 e. The average Bonchev–Trinajstić information content (AvgIpc) is 3.00. The van der Waals surface area contributed by atoms with Gasteiger partial charge in [0.05, 0.1) is 0 Å². The van der Waals surface area contributed by atoms with Crippen LogP contribution in [0.25, 0.3) is 0 Å². The highest BCUT2D eigenvalue weighted by molar-refractivity contribution is 5.95. The van der Waals surface area contributed by atoms with Crippen LogP contribution in [0.4, 0.5) is 5.69 Å². The number of amides is 1. The summed E-state index contributed by atoms with van der Waals surface area (Å²) in [5.41, 5.74) is 4.16. The van der Waals surface area contributed by atoms with Crippen LogP contribution in [0.1, 0.15) is 21.6 Å². The molecule has 0 unspecified atom stereocenters. The molecule has 1 N–H and O–H groups in total. The quantitative estimate of drug-likeness (QED) is 0.943. The lowest BCUT2D eigenvalue weighted by molar-refractivity contribution is 0.0796. The Labute approximate surface area is 137 Å². The summed E-state index contributed by atoms with van der Waals surface area (Å²) < 4.78 is 0. The lowest BCUT2D eigenvalue weighted by atomic mass is 10.1. The highest BCUT2D eigenvalue weighted by atomic mass is 35.5. The number of pyridine rings is 1. The molecule has 22 heavy (non-hydrogen) atoms. The van der Waals surface area contributed by atoms with Gasteiger partial charge in [0.25, 0.3) is 5.91 Å². The molecule has 0 fully saturated rings. The summed E-state index contributed by atoms with van der Waals surface area (Å²) in [6.45, 7) is 1.63. The third-order valence-corrected chi connectivity index (χ3v) is 3.84. The SMILES string of the molecule is CN(CCc1ccccn1)C(=O)c1ccc2c(c1)CCN2.Cl. The van der Waals surface area contributed by atoms with Crippen LogP contribution in [-0.4, -0.2) is 35.9 Å². The smallest absolute Gasteiger partial charge is 0.253 e. The van der Waals surface area contributed by atoms with Crippen molar-refractivity contribution in [3.8, 4) is 0 Å². The van der Waals surface area contributed by atoms with Crippen molar-refractivity contribution < 1.29 is 4.79 Å². The highest BCUT2D eigenvalue weighted by Crippen LogP contribution is 2.23. The van der Waals surface area contributed by atoms with Gasteiger partial charge in [0.1, 0.15) is 0 Å². The zero-order valence-electron chi connectivity index (χ0n) is 12.6. The average molecular weight is 318 g/mol. The van der Waals surface area contributed by atoms with Crippen molar-refractivity contribution in [2.75, 3.05) is 25.5 Å². The largest absolute Gasteiger partial charge is 0.384 e. The molecule has 4 nitrogen and oxygen atoms in total.